The highest BCUT2D eigenvalue weighted by Crippen LogP contribution is 2.28. The maximum absolute atomic E-state index is 12.3. The number of carbonyl (C=O) groups is 2. The van der Waals surface area contributed by atoms with Crippen LogP contribution in [0.25, 0.3) is 6.08 Å². The Morgan fingerprint density at radius 2 is 1.77 bits per heavy atom. The third-order valence-electron chi connectivity index (χ3n) is 6.17. The molecule has 0 saturated heterocycles. The van der Waals surface area contributed by atoms with E-state index in [2.05, 4.69) is 22.3 Å². The molecule has 2 aromatic carbocycles. The van der Waals surface area contributed by atoms with Crippen LogP contribution in [0.5, 0.6) is 5.75 Å². The van der Waals surface area contributed by atoms with Crippen LogP contribution in [0.15, 0.2) is 48.5 Å². The minimum atomic E-state index is -5.08. The van der Waals surface area contributed by atoms with E-state index in [0.717, 1.165) is 49.0 Å². The number of carboxylic acid groups (broad SMARTS) is 1. The van der Waals surface area contributed by atoms with Crippen LogP contribution < -0.4 is 10.1 Å². The molecule has 9 heteroatoms. The maximum Gasteiger partial charge on any atom is 0.490 e. The Bertz CT molecular complexity index is 1060. The average molecular weight is 491 g/mol. The second-order valence-corrected chi connectivity index (χ2v) is 8.51. The Kier molecular flexibility index (Phi) is 8.92. The first-order valence-corrected chi connectivity index (χ1v) is 11.4. The van der Waals surface area contributed by atoms with Crippen molar-refractivity contribution in [2.75, 3.05) is 25.5 Å². The summed E-state index contributed by atoms with van der Waals surface area (Å²) in [5, 5.41) is 10.1. The van der Waals surface area contributed by atoms with E-state index >= 15 is 0 Å². The average Bonchev–Trinajstić information content (AvgIpc) is 2.99. The van der Waals surface area contributed by atoms with Crippen LogP contribution in [0.1, 0.15) is 36.0 Å². The van der Waals surface area contributed by atoms with Crippen molar-refractivity contribution in [1.29, 1.82) is 0 Å². The summed E-state index contributed by atoms with van der Waals surface area (Å²) in [5.74, 6) is -2.09. The van der Waals surface area contributed by atoms with Gasteiger partial charge in [-0.1, -0.05) is 24.6 Å². The standard InChI is InChI=1S/C24H28N2O2.C2HF3O2/c1-28-23-7-2-4-18(16-23)8-11-24(27)25-21-10-9-19-12-14-26(22-5-3-6-22)15-13-20(19)17-21;3-2(4,5)1(6)7/h2,4,7-11,16-17,22H,3,5-6,12-15H2,1H3,(H,25,27);(H,6,7)/b11-8+;. The Balaban J connectivity index is 0.000000429. The number of nitrogens with zero attached hydrogens (tertiary/aromatic N) is 1. The van der Waals surface area contributed by atoms with Crippen molar-refractivity contribution in [2.45, 2.75) is 44.3 Å². The lowest BCUT2D eigenvalue weighted by atomic mass is 9.91. The molecular formula is C26H29F3N2O4. The molecule has 1 aliphatic carbocycles. The van der Waals surface area contributed by atoms with E-state index in [4.69, 9.17) is 14.6 Å². The Labute approximate surface area is 202 Å². The first kappa shape index (κ1) is 26.3. The summed E-state index contributed by atoms with van der Waals surface area (Å²) in [4.78, 5) is 23.9. The summed E-state index contributed by atoms with van der Waals surface area (Å²) in [5.41, 5.74) is 4.60. The molecule has 0 aromatic heterocycles. The first-order valence-electron chi connectivity index (χ1n) is 11.4. The number of benzene rings is 2. The summed E-state index contributed by atoms with van der Waals surface area (Å²) in [6.07, 6.45) is 4.56. The van der Waals surface area contributed by atoms with E-state index in [-0.39, 0.29) is 5.91 Å². The summed E-state index contributed by atoms with van der Waals surface area (Å²) >= 11 is 0. The smallest absolute Gasteiger partial charge is 0.490 e. The van der Waals surface area contributed by atoms with Gasteiger partial charge in [0, 0.05) is 30.9 Å². The molecule has 35 heavy (non-hydrogen) atoms. The van der Waals surface area contributed by atoms with Crippen LogP contribution in [0, 0.1) is 0 Å². The van der Waals surface area contributed by atoms with Gasteiger partial charge in [-0.25, -0.2) is 4.79 Å². The Hall–Kier alpha value is -3.33. The number of nitrogens with one attached hydrogen (secondary N) is 1. The Morgan fingerprint density at radius 3 is 2.37 bits per heavy atom. The number of ether oxygens (including phenoxy) is 1. The molecule has 1 amide bonds. The molecule has 0 unspecified atom stereocenters. The fourth-order valence-corrected chi connectivity index (χ4v) is 4.04. The number of carbonyl (C=O) groups excluding carboxylic acids is 1. The largest absolute Gasteiger partial charge is 0.497 e. The lowest BCUT2D eigenvalue weighted by Crippen LogP contribution is -2.41. The predicted octanol–water partition coefficient (Wildman–Crippen LogP) is 4.93. The van der Waals surface area contributed by atoms with Crippen LogP contribution >= 0.6 is 0 Å². The SMILES string of the molecule is COc1cccc(/C=C/C(=O)Nc2ccc3c(c2)CCN(C2CCC2)CC3)c1.O=C(O)C(F)(F)F. The molecule has 1 fully saturated rings. The second kappa shape index (κ2) is 11.9. The lowest BCUT2D eigenvalue weighted by Gasteiger charge is -2.36. The van der Waals surface area contributed by atoms with Gasteiger partial charge in [0.05, 0.1) is 7.11 Å². The quantitative estimate of drug-likeness (QED) is 0.581. The number of fused-ring (bicyclic) bond motifs is 1. The monoisotopic (exact) mass is 490 g/mol. The van der Waals surface area contributed by atoms with Gasteiger partial charge in [-0.2, -0.15) is 13.2 Å². The highest BCUT2D eigenvalue weighted by molar-refractivity contribution is 6.02. The molecule has 6 nitrogen and oxygen atoms in total. The zero-order valence-electron chi connectivity index (χ0n) is 19.5. The second-order valence-electron chi connectivity index (χ2n) is 8.51. The fourth-order valence-electron chi connectivity index (χ4n) is 4.04. The molecule has 4 rings (SSSR count). The minimum absolute atomic E-state index is 0.118. The number of aliphatic carboxylic acids is 1. The fraction of sp³-hybridized carbons (Fsp3) is 0.385. The molecule has 0 radical (unpaired) electrons. The number of alkyl halides is 3. The van der Waals surface area contributed by atoms with Gasteiger partial charge in [0.15, 0.2) is 0 Å². The summed E-state index contributed by atoms with van der Waals surface area (Å²) < 4.78 is 37.0. The highest BCUT2D eigenvalue weighted by Gasteiger charge is 2.38. The zero-order chi connectivity index (χ0) is 25.4. The lowest BCUT2D eigenvalue weighted by molar-refractivity contribution is -0.192. The number of rotatable bonds is 5. The van der Waals surface area contributed by atoms with Gasteiger partial charge in [0.25, 0.3) is 0 Å². The first-order chi connectivity index (χ1) is 16.7. The van der Waals surface area contributed by atoms with Crippen molar-refractivity contribution in [2.24, 2.45) is 0 Å². The van der Waals surface area contributed by atoms with E-state index in [1.165, 1.54) is 30.4 Å². The predicted molar refractivity (Wildman–Crippen MR) is 127 cm³/mol. The molecular weight excluding hydrogens is 461 g/mol. The van der Waals surface area contributed by atoms with Crippen LogP contribution in [0.3, 0.4) is 0 Å². The van der Waals surface area contributed by atoms with E-state index in [1.54, 1.807) is 19.3 Å². The zero-order valence-corrected chi connectivity index (χ0v) is 19.5. The summed E-state index contributed by atoms with van der Waals surface area (Å²) in [7, 11) is 1.64. The molecule has 0 spiro atoms. The van der Waals surface area contributed by atoms with Gasteiger partial charge in [0.1, 0.15) is 5.75 Å². The molecule has 2 N–H and O–H groups in total. The molecule has 2 aliphatic rings. The van der Waals surface area contributed by atoms with Crippen LogP contribution in [0.4, 0.5) is 18.9 Å². The number of hydrogen-bond donors (Lipinski definition) is 2. The van der Waals surface area contributed by atoms with Crippen molar-refractivity contribution in [1.82, 2.24) is 4.90 Å². The van der Waals surface area contributed by atoms with Gasteiger partial charge in [0.2, 0.25) is 5.91 Å². The number of anilines is 1. The number of carboxylic acids is 1. The maximum atomic E-state index is 12.3. The summed E-state index contributed by atoms with van der Waals surface area (Å²) in [6, 6.07) is 14.8. The van der Waals surface area contributed by atoms with E-state index in [0.29, 0.717) is 0 Å². The number of halogens is 3. The molecule has 1 heterocycles. The van der Waals surface area contributed by atoms with Gasteiger partial charge in [-0.3, -0.25) is 9.69 Å². The normalized spacial score (nSPS) is 16.3. The third kappa shape index (κ3) is 7.85. The van der Waals surface area contributed by atoms with Crippen LogP contribution in [-0.2, 0) is 22.4 Å². The van der Waals surface area contributed by atoms with Crippen molar-refractivity contribution < 1.29 is 32.6 Å². The molecule has 2 aromatic rings. The number of methoxy groups -OCH3 is 1. The molecule has 188 valence electrons. The van der Waals surface area contributed by atoms with Crippen molar-refractivity contribution in [3.63, 3.8) is 0 Å². The molecule has 1 saturated carbocycles. The van der Waals surface area contributed by atoms with Crippen LogP contribution in [-0.4, -0.2) is 54.3 Å². The van der Waals surface area contributed by atoms with E-state index in [9.17, 15) is 18.0 Å². The van der Waals surface area contributed by atoms with Crippen molar-refractivity contribution >= 4 is 23.6 Å². The van der Waals surface area contributed by atoms with E-state index < -0.39 is 12.1 Å². The van der Waals surface area contributed by atoms with Gasteiger partial charge in [-0.05, 0) is 72.7 Å². The highest BCUT2D eigenvalue weighted by atomic mass is 19.4. The number of amides is 1. The minimum Gasteiger partial charge on any atom is -0.497 e. The van der Waals surface area contributed by atoms with Gasteiger partial charge < -0.3 is 15.2 Å². The summed E-state index contributed by atoms with van der Waals surface area (Å²) in [6.45, 7) is 2.29. The topological polar surface area (TPSA) is 78.9 Å². The third-order valence-corrected chi connectivity index (χ3v) is 6.17. The number of hydrogen-bond acceptors (Lipinski definition) is 4. The Morgan fingerprint density at radius 1 is 1.09 bits per heavy atom. The van der Waals surface area contributed by atoms with Crippen molar-refractivity contribution in [3.8, 4) is 5.75 Å². The van der Waals surface area contributed by atoms with Crippen molar-refractivity contribution in [3.05, 3.63) is 65.2 Å². The molecule has 0 bridgehead atoms. The van der Waals surface area contributed by atoms with Crippen LogP contribution in [0.2, 0.25) is 0 Å². The van der Waals surface area contributed by atoms with Gasteiger partial charge in [-0.15, -0.1) is 0 Å². The van der Waals surface area contributed by atoms with E-state index in [1.807, 2.05) is 30.3 Å². The molecule has 1 aliphatic heterocycles. The molecule has 0 atom stereocenters. The van der Waals surface area contributed by atoms with Gasteiger partial charge >= 0.3 is 12.1 Å².